The average molecular weight is 362 g/mol. The first-order valence-electron chi connectivity index (χ1n) is 8.88. The Morgan fingerprint density at radius 1 is 1.31 bits per heavy atom. The van der Waals surface area contributed by atoms with Crippen LogP contribution in [0.15, 0.2) is 24.3 Å². The largest absolute Gasteiger partial charge is 0.468 e. The third kappa shape index (κ3) is 2.53. The molecule has 3 rings (SSSR count). The second-order valence-corrected chi connectivity index (χ2v) is 6.81. The minimum Gasteiger partial charge on any atom is -0.468 e. The van der Waals surface area contributed by atoms with E-state index in [4.69, 9.17) is 4.74 Å². The van der Waals surface area contributed by atoms with Gasteiger partial charge in [-0.05, 0) is 31.0 Å². The lowest BCUT2D eigenvalue weighted by molar-refractivity contribution is -0.154. The molecule has 0 aromatic heterocycles. The molecule has 0 aliphatic carbocycles. The molecule has 2 amide bonds. The van der Waals surface area contributed by atoms with Gasteiger partial charge in [-0.1, -0.05) is 25.5 Å². The van der Waals surface area contributed by atoms with E-state index in [9.17, 15) is 18.8 Å². The second-order valence-electron chi connectivity index (χ2n) is 6.81. The number of hydrogen-bond acceptors (Lipinski definition) is 5. The number of ether oxygens (including phenoxy) is 1. The summed E-state index contributed by atoms with van der Waals surface area (Å²) >= 11 is 0. The van der Waals surface area contributed by atoms with Crippen molar-refractivity contribution in [1.29, 1.82) is 0 Å². The van der Waals surface area contributed by atoms with Crippen LogP contribution in [0.2, 0.25) is 0 Å². The number of halogens is 1. The number of fused-ring (bicyclic) bond motifs is 1. The Balaban J connectivity index is 2.15. The van der Waals surface area contributed by atoms with Crippen molar-refractivity contribution >= 4 is 17.8 Å². The first-order chi connectivity index (χ1) is 12.4. The third-order valence-electron chi connectivity index (χ3n) is 5.46. The molecule has 1 aromatic carbocycles. The Labute approximate surface area is 151 Å². The molecular weight excluding hydrogens is 339 g/mol. The molecule has 26 heavy (non-hydrogen) atoms. The van der Waals surface area contributed by atoms with Crippen LogP contribution >= 0.6 is 0 Å². The molecule has 0 unspecified atom stereocenters. The van der Waals surface area contributed by atoms with Crippen molar-refractivity contribution < 1.29 is 23.5 Å². The highest BCUT2D eigenvalue weighted by Crippen LogP contribution is 2.50. The van der Waals surface area contributed by atoms with E-state index in [1.807, 2.05) is 6.92 Å². The molecule has 1 aromatic rings. The summed E-state index contributed by atoms with van der Waals surface area (Å²) in [5.41, 5.74) is -0.747. The van der Waals surface area contributed by atoms with Crippen molar-refractivity contribution in [3.05, 3.63) is 35.6 Å². The number of amides is 2. The SMILES string of the molecule is CCC[C@@]1(C(=O)OC)N[C@@H](c2cccc(F)c2)[C@H]2C(=O)N(CC)C(=O)[C@@H]21. The summed E-state index contributed by atoms with van der Waals surface area (Å²) in [6.07, 6.45) is 0.970. The quantitative estimate of drug-likeness (QED) is 0.639. The van der Waals surface area contributed by atoms with Crippen LogP contribution in [0.4, 0.5) is 4.39 Å². The zero-order chi connectivity index (χ0) is 19.1. The minimum atomic E-state index is -1.29. The van der Waals surface area contributed by atoms with E-state index in [-0.39, 0.29) is 18.4 Å². The Hall–Kier alpha value is -2.28. The molecule has 1 N–H and O–H groups in total. The Bertz CT molecular complexity index is 753. The summed E-state index contributed by atoms with van der Waals surface area (Å²) in [6, 6.07) is 5.27. The van der Waals surface area contributed by atoms with Crippen molar-refractivity contribution in [3.63, 3.8) is 0 Å². The number of esters is 1. The summed E-state index contributed by atoms with van der Waals surface area (Å²) in [5, 5.41) is 3.20. The van der Waals surface area contributed by atoms with Crippen LogP contribution in [0.25, 0.3) is 0 Å². The minimum absolute atomic E-state index is 0.240. The van der Waals surface area contributed by atoms with Gasteiger partial charge >= 0.3 is 5.97 Å². The van der Waals surface area contributed by atoms with Crippen LogP contribution in [-0.4, -0.2) is 41.9 Å². The number of rotatable bonds is 5. The highest BCUT2D eigenvalue weighted by Gasteiger charge is 2.68. The van der Waals surface area contributed by atoms with Gasteiger partial charge in [-0.15, -0.1) is 0 Å². The van der Waals surface area contributed by atoms with Crippen LogP contribution in [-0.2, 0) is 19.1 Å². The van der Waals surface area contributed by atoms with Gasteiger partial charge in [0.25, 0.3) is 0 Å². The van der Waals surface area contributed by atoms with Gasteiger partial charge < -0.3 is 4.74 Å². The van der Waals surface area contributed by atoms with E-state index >= 15 is 0 Å². The van der Waals surface area contributed by atoms with E-state index < -0.39 is 35.2 Å². The molecule has 2 aliphatic heterocycles. The van der Waals surface area contributed by atoms with Gasteiger partial charge in [0.1, 0.15) is 11.4 Å². The maximum atomic E-state index is 13.8. The molecule has 6 nitrogen and oxygen atoms in total. The number of hydrogen-bond donors (Lipinski definition) is 1. The number of methoxy groups -OCH3 is 1. The monoisotopic (exact) mass is 362 g/mol. The lowest BCUT2D eigenvalue weighted by Crippen LogP contribution is -2.56. The third-order valence-corrected chi connectivity index (χ3v) is 5.46. The van der Waals surface area contributed by atoms with Crippen molar-refractivity contribution in [2.45, 2.75) is 38.3 Å². The predicted octanol–water partition coefficient (Wildman–Crippen LogP) is 1.80. The van der Waals surface area contributed by atoms with E-state index in [2.05, 4.69) is 5.32 Å². The first-order valence-corrected chi connectivity index (χ1v) is 8.88. The predicted molar refractivity (Wildman–Crippen MR) is 91.3 cm³/mol. The maximum Gasteiger partial charge on any atom is 0.326 e. The number of likely N-dealkylation sites (tertiary alicyclic amines) is 1. The molecule has 7 heteroatoms. The fourth-order valence-electron chi connectivity index (χ4n) is 4.46. The Morgan fingerprint density at radius 3 is 2.62 bits per heavy atom. The Morgan fingerprint density at radius 2 is 2.04 bits per heavy atom. The topological polar surface area (TPSA) is 75.7 Å². The molecule has 0 spiro atoms. The molecule has 2 heterocycles. The van der Waals surface area contributed by atoms with Crippen LogP contribution < -0.4 is 5.32 Å². The zero-order valence-electron chi connectivity index (χ0n) is 15.1. The molecule has 0 bridgehead atoms. The average Bonchev–Trinajstić information content (AvgIpc) is 3.09. The van der Waals surface area contributed by atoms with Gasteiger partial charge in [-0.2, -0.15) is 0 Å². The van der Waals surface area contributed by atoms with Crippen molar-refractivity contribution in [2.24, 2.45) is 11.8 Å². The van der Waals surface area contributed by atoms with Gasteiger partial charge in [0.2, 0.25) is 11.8 Å². The fraction of sp³-hybridized carbons (Fsp3) is 0.526. The van der Waals surface area contributed by atoms with Crippen molar-refractivity contribution in [3.8, 4) is 0 Å². The molecule has 140 valence electrons. The maximum absolute atomic E-state index is 13.8. The molecule has 0 saturated carbocycles. The number of carbonyl (C=O) groups excluding carboxylic acids is 3. The van der Waals surface area contributed by atoms with Crippen molar-refractivity contribution in [2.75, 3.05) is 13.7 Å². The molecule has 4 atom stereocenters. The Kier molecular flexibility index (Phi) is 4.84. The number of imide groups is 1. The van der Waals surface area contributed by atoms with Gasteiger partial charge in [0, 0.05) is 12.6 Å². The number of benzene rings is 1. The first kappa shape index (κ1) is 18.5. The van der Waals surface area contributed by atoms with Crippen molar-refractivity contribution in [1.82, 2.24) is 10.2 Å². The number of nitrogens with one attached hydrogen (secondary N) is 1. The van der Waals surface area contributed by atoms with Gasteiger partial charge in [0.15, 0.2) is 0 Å². The molecule has 2 fully saturated rings. The van der Waals surface area contributed by atoms with E-state index in [0.717, 1.165) is 0 Å². The van der Waals surface area contributed by atoms with Crippen LogP contribution in [0.5, 0.6) is 0 Å². The van der Waals surface area contributed by atoms with Crippen LogP contribution in [0.3, 0.4) is 0 Å². The summed E-state index contributed by atoms with van der Waals surface area (Å²) in [5.74, 6) is -3.30. The second kappa shape index (κ2) is 6.79. The van der Waals surface area contributed by atoms with Gasteiger partial charge in [-0.3, -0.25) is 24.6 Å². The van der Waals surface area contributed by atoms with E-state index in [1.165, 1.54) is 24.1 Å². The van der Waals surface area contributed by atoms with Gasteiger partial charge in [-0.25, -0.2) is 4.39 Å². The summed E-state index contributed by atoms with van der Waals surface area (Å²) in [4.78, 5) is 39.8. The smallest absolute Gasteiger partial charge is 0.326 e. The lowest BCUT2D eigenvalue weighted by Gasteiger charge is -2.32. The highest BCUT2D eigenvalue weighted by molar-refractivity contribution is 6.09. The van der Waals surface area contributed by atoms with Crippen LogP contribution in [0, 0.1) is 17.7 Å². The highest BCUT2D eigenvalue weighted by atomic mass is 19.1. The normalized spacial score (nSPS) is 30.6. The number of carbonyl (C=O) groups is 3. The standard InChI is InChI=1S/C19H23FN2O4/c1-4-9-19(18(25)26-3)14-13(16(23)22(5-2)17(14)24)15(21-19)11-7-6-8-12(20)10-11/h6-8,10,13-15,21H,4-5,9H2,1-3H3/t13-,14+,15-,19+/m0/s1. The summed E-state index contributed by atoms with van der Waals surface area (Å²) in [6.45, 7) is 3.86. The molecule has 2 saturated heterocycles. The lowest BCUT2D eigenvalue weighted by atomic mass is 9.77. The molecule has 2 aliphatic rings. The molecule has 0 radical (unpaired) electrons. The summed E-state index contributed by atoms with van der Waals surface area (Å²) in [7, 11) is 1.27. The van der Waals surface area contributed by atoms with Gasteiger partial charge in [0.05, 0.1) is 18.9 Å². The van der Waals surface area contributed by atoms with E-state index in [1.54, 1.807) is 19.1 Å². The van der Waals surface area contributed by atoms with E-state index in [0.29, 0.717) is 18.4 Å². The molecular formula is C19H23FN2O4. The summed E-state index contributed by atoms with van der Waals surface area (Å²) < 4.78 is 18.8. The fourth-order valence-corrected chi connectivity index (χ4v) is 4.46. The van der Waals surface area contributed by atoms with Crippen LogP contribution in [0.1, 0.15) is 38.3 Å². The zero-order valence-corrected chi connectivity index (χ0v) is 15.1. The number of nitrogens with zero attached hydrogens (tertiary/aromatic N) is 1.